The van der Waals surface area contributed by atoms with E-state index in [4.69, 9.17) is 5.73 Å². The molecule has 0 aromatic heterocycles. The van der Waals surface area contributed by atoms with Gasteiger partial charge >= 0.3 is 0 Å². The molecule has 0 aliphatic rings. The van der Waals surface area contributed by atoms with Crippen LogP contribution in [0.2, 0.25) is 0 Å². The molecule has 0 aliphatic heterocycles. The number of nitrogens with zero attached hydrogens (tertiary/aromatic N) is 1. The van der Waals surface area contributed by atoms with Crippen LogP contribution in [-0.2, 0) is 10.0 Å². The van der Waals surface area contributed by atoms with Crippen LogP contribution in [0.4, 0.5) is 11.4 Å². The largest absolute Gasteiger partial charge is 0.398 e. The number of sulfonamides is 1. The number of rotatable bonds is 3. The third kappa shape index (κ3) is 2.91. The molecule has 0 fully saturated rings. The fourth-order valence-electron chi connectivity index (χ4n) is 2.14. The summed E-state index contributed by atoms with van der Waals surface area (Å²) >= 11 is 3.31. The van der Waals surface area contributed by atoms with Gasteiger partial charge in [0.15, 0.2) is 0 Å². The molecule has 0 aliphatic carbocycles. The van der Waals surface area contributed by atoms with Crippen LogP contribution in [0.25, 0.3) is 0 Å². The maximum atomic E-state index is 12.8. The van der Waals surface area contributed by atoms with Gasteiger partial charge in [0.05, 0.1) is 10.6 Å². The Morgan fingerprint density at radius 3 is 2.33 bits per heavy atom. The van der Waals surface area contributed by atoms with Gasteiger partial charge in [-0.3, -0.25) is 4.31 Å². The van der Waals surface area contributed by atoms with Crippen molar-refractivity contribution in [1.29, 1.82) is 0 Å². The van der Waals surface area contributed by atoms with Crippen LogP contribution in [0.1, 0.15) is 11.1 Å². The molecular weight excluding hydrogens is 352 g/mol. The highest BCUT2D eigenvalue weighted by molar-refractivity contribution is 9.10. The van der Waals surface area contributed by atoms with Crippen molar-refractivity contribution in [2.45, 2.75) is 18.7 Å². The van der Waals surface area contributed by atoms with E-state index in [9.17, 15) is 8.42 Å². The van der Waals surface area contributed by atoms with Gasteiger partial charge in [-0.25, -0.2) is 8.42 Å². The van der Waals surface area contributed by atoms with Crippen LogP contribution in [-0.4, -0.2) is 15.5 Å². The first kappa shape index (κ1) is 15.9. The van der Waals surface area contributed by atoms with Gasteiger partial charge in [-0.2, -0.15) is 0 Å². The molecule has 0 atom stereocenters. The molecule has 2 N–H and O–H groups in total. The Morgan fingerprint density at radius 1 is 1.10 bits per heavy atom. The van der Waals surface area contributed by atoms with E-state index < -0.39 is 10.0 Å². The second kappa shape index (κ2) is 5.69. The number of aryl methyl sites for hydroxylation is 2. The number of para-hydroxylation sites is 1. The van der Waals surface area contributed by atoms with E-state index in [-0.39, 0.29) is 4.90 Å². The van der Waals surface area contributed by atoms with E-state index in [2.05, 4.69) is 15.9 Å². The number of halogens is 1. The molecule has 112 valence electrons. The van der Waals surface area contributed by atoms with E-state index in [1.54, 1.807) is 26.1 Å². The highest BCUT2D eigenvalue weighted by Gasteiger charge is 2.25. The summed E-state index contributed by atoms with van der Waals surface area (Å²) in [7, 11) is -2.10. The van der Waals surface area contributed by atoms with Crippen LogP contribution in [0.15, 0.2) is 45.8 Å². The van der Waals surface area contributed by atoms with Crippen LogP contribution >= 0.6 is 15.9 Å². The van der Waals surface area contributed by atoms with Gasteiger partial charge < -0.3 is 5.73 Å². The minimum absolute atomic E-state index is 0.217. The lowest BCUT2D eigenvalue weighted by Gasteiger charge is -2.22. The molecule has 0 saturated heterocycles. The van der Waals surface area contributed by atoms with Crippen molar-refractivity contribution in [1.82, 2.24) is 0 Å². The van der Waals surface area contributed by atoms with Crippen LogP contribution in [0.3, 0.4) is 0 Å². The molecule has 2 aromatic carbocycles. The Bertz CT molecular complexity index is 788. The first-order valence-electron chi connectivity index (χ1n) is 6.35. The topological polar surface area (TPSA) is 63.4 Å². The molecule has 0 spiro atoms. The lowest BCUT2D eigenvalue weighted by molar-refractivity contribution is 0.593. The Labute approximate surface area is 133 Å². The lowest BCUT2D eigenvalue weighted by Crippen LogP contribution is -2.28. The average Bonchev–Trinajstić information content (AvgIpc) is 2.42. The molecule has 2 aromatic rings. The van der Waals surface area contributed by atoms with Gasteiger partial charge in [0.2, 0.25) is 0 Å². The minimum atomic E-state index is -3.65. The summed E-state index contributed by atoms with van der Waals surface area (Å²) in [6, 6.07) is 10.6. The monoisotopic (exact) mass is 368 g/mol. The Balaban J connectivity index is 2.58. The maximum Gasteiger partial charge on any atom is 0.264 e. The average molecular weight is 369 g/mol. The van der Waals surface area contributed by atoms with Crippen LogP contribution in [0, 0.1) is 13.8 Å². The van der Waals surface area contributed by atoms with Gasteiger partial charge in [-0.1, -0.05) is 18.2 Å². The van der Waals surface area contributed by atoms with Gasteiger partial charge in [-0.05, 0) is 59.1 Å². The smallest absolute Gasteiger partial charge is 0.264 e. The molecule has 6 heteroatoms. The van der Waals surface area contributed by atoms with E-state index in [1.165, 1.54) is 10.4 Å². The summed E-state index contributed by atoms with van der Waals surface area (Å²) in [5, 5.41) is 0. The minimum Gasteiger partial charge on any atom is -0.398 e. The zero-order chi connectivity index (χ0) is 15.8. The highest BCUT2D eigenvalue weighted by Crippen LogP contribution is 2.31. The molecule has 4 nitrogen and oxygen atoms in total. The second-order valence-corrected chi connectivity index (χ2v) is 7.69. The van der Waals surface area contributed by atoms with Gasteiger partial charge in [0.25, 0.3) is 10.0 Å². The highest BCUT2D eigenvalue weighted by atomic mass is 79.9. The van der Waals surface area contributed by atoms with Crippen molar-refractivity contribution >= 4 is 37.3 Å². The van der Waals surface area contributed by atoms with Gasteiger partial charge in [-0.15, -0.1) is 0 Å². The molecular formula is C15H17BrN2O2S. The summed E-state index contributed by atoms with van der Waals surface area (Å²) in [4.78, 5) is 0.217. The number of nitrogen functional groups attached to an aromatic ring is 1. The molecule has 0 bridgehead atoms. The molecule has 0 radical (unpaired) electrons. The van der Waals surface area contributed by atoms with E-state index in [0.29, 0.717) is 21.4 Å². The number of anilines is 2. The third-order valence-electron chi connectivity index (χ3n) is 3.39. The Kier molecular flexibility index (Phi) is 4.30. The van der Waals surface area contributed by atoms with Gasteiger partial charge in [0.1, 0.15) is 0 Å². The molecule has 0 unspecified atom stereocenters. The number of benzene rings is 2. The molecule has 2 rings (SSSR count). The van der Waals surface area contributed by atoms with Crippen molar-refractivity contribution in [3.05, 3.63) is 52.0 Å². The van der Waals surface area contributed by atoms with Gasteiger partial charge in [0, 0.05) is 17.2 Å². The Morgan fingerprint density at radius 2 is 1.71 bits per heavy atom. The zero-order valence-electron chi connectivity index (χ0n) is 12.1. The van der Waals surface area contributed by atoms with Crippen molar-refractivity contribution in [3.8, 4) is 0 Å². The van der Waals surface area contributed by atoms with Crippen molar-refractivity contribution in [2.75, 3.05) is 17.1 Å². The predicted octanol–water partition coefficient (Wildman–Crippen LogP) is 3.47. The third-order valence-corrected chi connectivity index (χ3v) is 5.99. The summed E-state index contributed by atoms with van der Waals surface area (Å²) in [5.41, 5.74) is 8.42. The van der Waals surface area contributed by atoms with Crippen LogP contribution < -0.4 is 10.0 Å². The fraction of sp³-hybridized carbons (Fsp3) is 0.200. The Hall–Kier alpha value is -1.53. The summed E-state index contributed by atoms with van der Waals surface area (Å²) < 4.78 is 27.6. The van der Waals surface area contributed by atoms with Crippen molar-refractivity contribution in [3.63, 3.8) is 0 Å². The van der Waals surface area contributed by atoms with E-state index in [1.807, 2.05) is 25.1 Å². The first-order valence-corrected chi connectivity index (χ1v) is 8.58. The van der Waals surface area contributed by atoms with E-state index >= 15 is 0 Å². The number of hydrogen-bond acceptors (Lipinski definition) is 3. The number of hydrogen-bond donors (Lipinski definition) is 1. The fourth-order valence-corrected chi connectivity index (χ4v) is 4.10. The van der Waals surface area contributed by atoms with E-state index in [0.717, 1.165) is 5.56 Å². The molecule has 21 heavy (non-hydrogen) atoms. The van der Waals surface area contributed by atoms with Crippen LogP contribution in [0.5, 0.6) is 0 Å². The SMILES string of the molecule is Cc1ccccc1N(C)S(=O)(=O)c1cc(N)c(Br)cc1C. The molecule has 0 amide bonds. The summed E-state index contributed by atoms with van der Waals surface area (Å²) in [6.45, 7) is 3.63. The lowest BCUT2D eigenvalue weighted by atomic mass is 10.2. The maximum absolute atomic E-state index is 12.8. The molecule has 0 heterocycles. The number of nitrogens with two attached hydrogens (primary N) is 1. The first-order chi connectivity index (χ1) is 9.75. The summed E-state index contributed by atoms with van der Waals surface area (Å²) in [5.74, 6) is 0. The normalized spacial score (nSPS) is 11.4. The predicted molar refractivity (Wildman–Crippen MR) is 90.1 cm³/mol. The molecule has 0 saturated carbocycles. The van der Waals surface area contributed by atoms with Crippen molar-refractivity contribution < 1.29 is 8.42 Å². The van der Waals surface area contributed by atoms with Crippen molar-refractivity contribution in [2.24, 2.45) is 0 Å². The summed E-state index contributed by atoms with van der Waals surface area (Å²) in [6.07, 6.45) is 0. The zero-order valence-corrected chi connectivity index (χ0v) is 14.5. The standard InChI is InChI=1S/C15H17BrN2O2S/c1-10-6-4-5-7-14(10)18(3)21(19,20)15-9-13(17)12(16)8-11(15)2/h4-9H,17H2,1-3H3. The second-order valence-electron chi connectivity index (χ2n) is 4.90. The quantitative estimate of drug-likeness (QED) is 0.843.